The minimum atomic E-state index is -3.81. The minimum Gasteiger partial charge on any atom is -0.458 e. The molecule has 2 aromatic carbocycles. The van der Waals surface area contributed by atoms with Crippen molar-refractivity contribution in [3.8, 4) is 28.8 Å². The number of fused-ring (bicyclic) bond motifs is 2. The molecule has 6 rings (SSSR count). The van der Waals surface area contributed by atoms with Gasteiger partial charge in [0.25, 0.3) is 5.56 Å². The van der Waals surface area contributed by atoms with Crippen LogP contribution < -0.4 is 19.9 Å². The van der Waals surface area contributed by atoms with E-state index in [0.29, 0.717) is 5.76 Å². The first kappa shape index (κ1) is 24.5. The highest BCUT2D eigenvalue weighted by Crippen LogP contribution is 2.44. The number of likely N-dealkylation sites (N-methyl/N-ethyl adjacent to an activating group) is 1. The molecule has 198 valence electrons. The molecule has 3 heterocycles. The smallest absolute Gasteiger partial charge is 0.458 e. The van der Waals surface area contributed by atoms with Crippen LogP contribution >= 0.6 is 0 Å². The quantitative estimate of drug-likeness (QED) is 0.344. The van der Waals surface area contributed by atoms with Crippen LogP contribution in [-0.2, 0) is 11.3 Å². The van der Waals surface area contributed by atoms with Gasteiger partial charge in [0.2, 0.25) is 5.91 Å². The van der Waals surface area contributed by atoms with Gasteiger partial charge in [0, 0.05) is 29.8 Å². The molecule has 0 spiro atoms. The molecule has 0 N–H and O–H groups in total. The molecule has 1 fully saturated rings. The zero-order valence-electron chi connectivity index (χ0n) is 20.4. The van der Waals surface area contributed by atoms with Crippen molar-refractivity contribution in [2.75, 3.05) is 11.4 Å². The van der Waals surface area contributed by atoms with Crippen LogP contribution in [0.5, 0.6) is 11.5 Å². The van der Waals surface area contributed by atoms with Gasteiger partial charge >= 0.3 is 6.29 Å². The highest BCUT2D eigenvalue weighted by atomic mass is 19.3. The molecule has 1 saturated carbocycles. The number of amides is 1. The molecule has 0 radical (unpaired) electrons. The molecular formula is C27H19F3N4O5. The number of benzene rings is 2. The van der Waals surface area contributed by atoms with Crippen molar-refractivity contribution in [1.29, 1.82) is 5.26 Å². The van der Waals surface area contributed by atoms with Crippen molar-refractivity contribution in [1.82, 2.24) is 9.78 Å². The van der Waals surface area contributed by atoms with Crippen LogP contribution in [0.1, 0.15) is 37.0 Å². The number of aromatic nitrogens is 2. The first-order chi connectivity index (χ1) is 18.7. The van der Waals surface area contributed by atoms with Crippen molar-refractivity contribution in [3.63, 3.8) is 0 Å². The second-order valence-corrected chi connectivity index (χ2v) is 9.25. The van der Waals surface area contributed by atoms with Gasteiger partial charge in [-0.25, -0.2) is 9.07 Å². The second-order valence-electron chi connectivity index (χ2n) is 9.25. The fourth-order valence-corrected chi connectivity index (χ4v) is 4.57. The van der Waals surface area contributed by atoms with E-state index < -0.39 is 30.1 Å². The molecule has 2 aliphatic rings. The number of alkyl halides is 2. The van der Waals surface area contributed by atoms with Crippen molar-refractivity contribution in [2.45, 2.75) is 38.5 Å². The average molecular weight is 536 g/mol. The lowest BCUT2D eigenvalue weighted by molar-refractivity contribution is -0.286. The molecule has 39 heavy (non-hydrogen) atoms. The summed E-state index contributed by atoms with van der Waals surface area (Å²) < 4.78 is 57.0. The third-order valence-corrected chi connectivity index (χ3v) is 6.53. The van der Waals surface area contributed by atoms with Gasteiger partial charge in [0.05, 0.1) is 17.0 Å². The fourth-order valence-electron chi connectivity index (χ4n) is 4.57. The number of furan rings is 1. The standard InChI is InChI=1S/C27H19F3N4O5/c1-2-33(18-5-6-20-22(10-18)39-27(29,30)38-20)23(35)13-34-26(36)19-11-21(15-3-4-15)37-25(19)24(32-34)16-7-14(12-31)8-17(28)9-16/h5-11,15H,2-4,13H2,1H3. The maximum atomic E-state index is 14.3. The van der Waals surface area contributed by atoms with Gasteiger partial charge in [-0.05, 0) is 56.2 Å². The number of carbonyl (C=O) groups is 1. The molecular weight excluding hydrogens is 517 g/mol. The summed E-state index contributed by atoms with van der Waals surface area (Å²) in [4.78, 5) is 28.0. The summed E-state index contributed by atoms with van der Waals surface area (Å²) in [5, 5.41) is 13.8. The van der Waals surface area contributed by atoms with Gasteiger partial charge in [0.1, 0.15) is 23.8 Å². The van der Waals surface area contributed by atoms with Crippen LogP contribution in [0.4, 0.5) is 18.9 Å². The van der Waals surface area contributed by atoms with E-state index in [1.165, 1.54) is 35.2 Å². The maximum Gasteiger partial charge on any atom is 0.586 e. The Balaban J connectivity index is 1.40. The Bertz CT molecular complexity index is 1750. The first-order valence-corrected chi connectivity index (χ1v) is 12.1. The topological polar surface area (TPSA) is 111 Å². The van der Waals surface area contributed by atoms with Gasteiger partial charge in [-0.1, -0.05) is 0 Å². The number of nitrogens with zero attached hydrogens (tertiary/aromatic N) is 4. The van der Waals surface area contributed by atoms with Gasteiger partial charge in [0.15, 0.2) is 17.1 Å². The molecule has 0 atom stereocenters. The number of rotatable bonds is 6. The van der Waals surface area contributed by atoms with Crippen LogP contribution in [0, 0.1) is 17.1 Å². The number of hydrogen-bond donors (Lipinski definition) is 0. The summed E-state index contributed by atoms with van der Waals surface area (Å²) in [5.41, 5.74) is 0.167. The number of hydrogen-bond acceptors (Lipinski definition) is 7. The van der Waals surface area contributed by atoms with Crippen LogP contribution in [0.25, 0.3) is 22.2 Å². The summed E-state index contributed by atoms with van der Waals surface area (Å²) in [6.07, 6.45) is -2.00. The van der Waals surface area contributed by atoms with E-state index in [2.05, 4.69) is 14.6 Å². The number of carbonyl (C=O) groups excluding carboxylic acids is 1. The van der Waals surface area contributed by atoms with Crippen molar-refractivity contribution >= 4 is 22.6 Å². The van der Waals surface area contributed by atoms with Crippen LogP contribution in [-0.4, -0.2) is 28.5 Å². The highest BCUT2D eigenvalue weighted by molar-refractivity contribution is 5.94. The van der Waals surface area contributed by atoms with E-state index in [-0.39, 0.29) is 57.4 Å². The van der Waals surface area contributed by atoms with E-state index >= 15 is 0 Å². The largest absolute Gasteiger partial charge is 0.586 e. The number of halogens is 3. The highest BCUT2D eigenvalue weighted by Gasteiger charge is 2.43. The lowest BCUT2D eigenvalue weighted by Gasteiger charge is -2.21. The molecule has 0 saturated heterocycles. The molecule has 1 aliphatic carbocycles. The Morgan fingerprint density at radius 3 is 2.67 bits per heavy atom. The minimum absolute atomic E-state index is 0.0493. The van der Waals surface area contributed by atoms with Crippen molar-refractivity contribution in [2.24, 2.45) is 0 Å². The summed E-state index contributed by atoms with van der Waals surface area (Å²) >= 11 is 0. The van der Waals surface area contributed by atoms with E-state index in [1.807, 2.05) is 6.07 Å². The predicted octanol–water partition coefficient (Wildman–Crippen LogP) is 4.92. The summed E-state index contributed by atoms with van der Waals surface area (Å²) in [7, 11) is 0. The van der Waals surface area contributed by atoms with Gasteiger partial charge in [-0.15, -0.1) is 8.78 Å². The Kier molecular flexibility index (Phi) is 5.60. The van der Waals surface area contributed by atoms with E-state index in [9.17, 15) is 28.0 Å². The zero-order valence-corrected chi connectivity index (χ0v) is 20.4. The SMILES string of the molecule is CCN(C(=O)Cn1nc(-c2cc(F)cc(C#N)c2)c2oc(C3CC3)cc2c1=O)c1ccc2c(c1)OC(F)(F)O2. The summed E-state index contributed by atoms with van der Waals surface area (Å²) in [5.74, 6) is -0.876. The van der Waals surface area contributed by atoms with Crippen LogP contribution in [0.3, 0.4) is 0 Å². The normalized spacial score (nSPS) is 15.4. The summed E-state index contributed by atoms with van der Waals surface area (Å²) in [6, 6.07) is 11.1. The third-order valence-electron chi connectivity index (χ3n) is 6.53. The van der Waals surface area contributed by atoms with Gasteiger partial charge in [-0.3, -0.25) is 9.59 Å². The fraction of sp³-hybridized carbons (Fsp3) is 0.259. The van der Waals surface area contributed by atoms with E-state index in [0.717, 1.165) is 23.6 Å². The van der Waals surface area contributed by atoms with Crippen molar-refractivity contribution in [3.05, 3.63) is 70.0 Å². The maximum absolute atomic E-state index is 14.3. The van der Waals surface area contributed by atoms with Gasteiger partial charge < -0.3 is 18.8 Å². The predicted molar refractivity (Wildman–Crippen MR) is 131 cm³/mol. The third kappa shape index (κ3) is 4.46. The molecule has 0 bridgehead atoms. The number of ether oxygens (including phenoxy) is 2. The number of nitriles is 1. The molecule has 2 aromatic heterocycles. The monoisotopic (exact) mass is 536 g/mol. The Morgan fingerprint density at radius 1 is 1.18 bits per heavy atom. The van der Waals surface area contributed by atoms with Crippen LogP contribution in [0.15, 0.2) is 51.7 Å². The first-order valence-electron chi connectivity index (χ1n) is 12.1. The van der Waals surface area contributed by atoms with Crippen molar-refractivity contribution < 1.29 is 31.9 Å². The average Bonchev–Trinajstić information content (AvgIpc) is 3.56. The molecule has 12 heteroatoms. The Morgan fingerprint density at radius 2 is 1.95 bits per heavy atom. The molecule has 1 amide bonds. The second kappa shape index (κ2) is 8.90. The molecule has 0 unspecified atom stereocenters. The van der Waals surface area contributed by atoms with E-state index in [4.69, 9.17) is 4.42 Å². The van der Waals surface area contributed by atoms with E-state index in [1.54, 1.807) is 13.0 Å². The van der Waals surface area contributed by atoms with Crippen LogP contribution in [0.2, 0.25) is 0 Å². The zero-order chi connectivity index (χ0) is 27.5. The molecule has 9 nitrogen and oxygen atoms in total. The Hall–Kier alpha value is -4.79. The van der Waals surface area contributed by atoms with Gasteiger partial charge in [-0.2, -0.15) is 10.4 Å². The summed E-state index contributed by atoms with van der Waals surface area (Å²) in [6.45, 7) is 1.31. The molecule has 1 aliphatic heterocycles. The lowest BCUT2D eigenvalue weighted by atomic mass is 10.1. The lowest BCUT2D eigenvalue weighted by Crippen LogP contribution is -2.37. The number of anilines is 1. The molecule has 4 aromatic rings. The Labute approximate surface area is 218 Å².